The number of hydrogen-bond acceptors (Lipinski definition) is 7. The quantitative estimate of drug-likeness (QED) is 0.397. The SMILES string of the molecule is CNC(O)c1ccccc1Nc1cc(Nc2ccc(C(=O)N(C)C)cn2)ncc1C(F)(F)F. The average molecular weight is 460 g/mol. The Labute approximate surface area is 188 Å². The molecule has 33 heavy (non-hydrogen) atoms. The highest BCUT2D eigenvalue weighted by Crippen LogP contribution is 2.38. The summed E-state index contributed by atoms with van der Waals surface area (Å²) in [5.41, 5.74) is -0.182. The number of para-hydroxylation sites is 1. The molecule has 174 valence electrons. The second kappa shape index (κ2) is 9.84. The van der Waals surface area contributed by atoms with E-state index in [0.29, 0.717) is 28.8 Å². The molecule has 3 aromatic rings. The first kappa shape index (κ1) is 24.0. The molecule has 4 N–H and O–H groups in total. The molecule has 1 aromatic carbocycles. The third-order valence-corrected chi connectivity index (χ3v) is 4.68. The second-order valence-corrected chi connectivity index (χ2v) is 7.27. The monoisotopic (exact) mass is 460 g/mol. The van der Waals surface area contributed by atoms with Crippen molar-refractivity contribution in [2.24, 2.45) is 0 Å². The first-order valence-corrected chi connectivity index (χ1v) is 9.83. The third kappa shape index (κ3) is 5.76. The third-order valence-electron chi connectivity index (χ3n) is 4.68. The number of aliphatic hydroxyl groups is 1. The molecule has 1 atom stereocenters. The van der Waals surface area contributed by atoms with Crippen molar-refractivity contribution in [3.63, 3.8) is 0 Å². The molecule has 0 aliphatic carbocycles. The van der Waals surface area contributed by atoms with E-state index in [1.807, 2.05) is 0 Å². The summed E-state index contributed by atoms with van der Waals surface area (Å²) in [4.78, 5) is 21.4. The predicted molar refractivity (Wildman–Crippen MR) is 119 cm³/mol. The maximum Gasteiger partial charge on any atom is 0.419 e. The zero-order valence-corrected chi connectivity index (χ0v) is 18.1. The zero-order chi connectivity index (χ0) is 24.2. The molecule has 0 radical (unpaired) electrons. The highest BCUT2D eigenvalue weighted by molar-refractivity contribution is 5.93. The van der Waals surface area contributed by atoms with Gasteiger partial charge in [0, 0.05) is 43.8 Å². The van der Waals surface area contributed by atoms with Gasteiger partial charge in [0.25, 0.3) is 5.91 Å². The van der Waals surface area contributed by atoms with Crippen LogP contribution in [0.3, 0.4) is 0 Å². The van der Waals surface area contributed by atoms with Crippen LogP contribution in [-0.2, 0) is 6.18 Å². The highest BCUT2D eigenvalue weighted by atomic mass is 19.4. The van der Waals surface area contributed by atoms with Gasteiger partial charge >= 0.3 is 6.18 Å². The predicted octanol–water partition coefficient (Wildman–Crippen LogP) is 3.89. The van der Waals surface area contributed by atoms with E-state index in [-0.39, 0.29) is 17.4 Å². The van der Waals surface area contributed by atoms with Crippen molar-refractivity contribution in [3.8, 4) is 0 Å². The number of alkyl halides is 3. The summed E-state index contributed by atoms with van der Waals surface area (Å²) in [5.74, 6) is 0.182. The van der Waals surface area contributed by atoms with E-state index in [9.17, 15) is 23.1 Å². The number of nitrogens with zero attached hydrogens (tertiary/aromatic N) is 3. The number of nitrogens with one attached hydrogen (secondary N) is 3. The topological polar surface area (TPSA) is 102 Å². The fourth-order valence-corrected chi connectivity index (χ4v) is 2.99. The zero-order valence-electron chi connectivity index (χ0n) is 18.1. The van der Waals surface area contributed by atoms with E-state index < -0.39 is 18.0 Å². The summed E-state index contributed by atoms with van der Waals surface area (Å²) in [6, 6.07) is 10.7. The van der Waals surface area contributed by atoms with Gasteiger partial charge < -0.3 is 20.6 Å². The van der Waals surface area contributed by atoms with Crippen LogP contribution >= 0.6 is 0 Å². The lowest BCUT2D eigenvalue weighted by Crippen LogP contribution is -2.21. The molecular formula is C22H23F3N6O2. The number of carbonyl (C=O) groups excluding carboxylic acids is 1. The number of rotatable bonds is 7. The fourth-order valence-electron chi connectivity index (χ4n) is 2.99. The number of amides is 1. The van der Waals surface area contributed by atoms with Crippen LogP contribution in [-0.4, -0.2) is 47.0 Å². The summed E-state index contributed by atoms with van der Waals surface area (Å²) in [7, 11) is 4.76. The minimum Gasteiger partial charge on any atom is -0.374 e. The Kier molecular flexibility index (Phi) is 7.14. The van der Waals surface area contributed by atoms with Gasteiger partial charge in [-0.2, -0.15) is 13.2 Å². The van der Waals surface area contributed by atoms with Gasteiger partial charge in [0.05, 0.1) is 16.8 Å². The molecule has 2 aromatic heterocycles. The van der Waals surface area contributed by atoms with Crippen LogP contribution < -0.4 is 16.0 Å². The van der Waals surface area contributed by atoms with Gasteiger partial charge in [0.2, 0.25) is 0 Å². The minimum absolute atomic E-state index is 0.108. The molecule has 8 nitrogen and oxygen atoms in total. The summed E-state index contributed by atoms with van der Waals surface area (Å²) >= 11 is 0. The molecule has 2 heterocycles. The molecule has 0 aliphatic heterocycles. The van der Waals surface area contributed by atoms with E-state index in [0.717, 1.165) is 0 Å². The molecule has 0 saturated heterocycles. The Morgan fingerprint density at radius 3 is 2.30 bits per heavy atom. The number of aromatic nitrogens is 2. The molecule has 1 amide bonds. The maximum absolute atomic E-state index is 13.6. The molecule has 0 fully saturated rings. The average Bonchev–Trinajstić information content (AvgIpc) is 2.78. The van der Waals surface area contributed by atoms with Crippen LogP contribution in [0.4, 0.5) is 36.2 Å². The van der Waals surface area contributed by atoms with E-state index in [1.54, 1.807) is 44.4 Å². The molecule has 11 heteroatoms. The van der Waals surface area contributed by atoms with Gasteiger partial charge in [-0.3, -0.25) is 10.1 Å². The number of aliphatic hydroxyl groups excluding tert-OH is 1. The standard InChI is InChI=1S/C22H23F3N6O2/c1-26-20(32)14-6-4-5-7-16(14)29-17-10-19(28-12-15(17)22(23,24)25)30-18-9-8-13(11-27-18)21(33)31(2)3/h4-12,20,26,32H,1-3H3,(H2,27,28,29,30). The Balaban J connectivity index is 1.92. The van der Waals surface area contributed by atoms with Crippen LogP contribution in [0.1, 0.15) is 27.7 Å². The van der Waals surface area contributed by atoms with Gasteiger partial charge in [0.15, 0.2) is 0 Å². The van der Waals surface area contributed by atoms with Crippen molar-refractivity contribution >= 4 is 28.9 Å². The number of anilines is 4. The largest absolute Gasteiger partial charge is 0.419 e. The summed E-state index contributed by atoms with van der Waals surface area (Å²) < 4.78 is 40.8. The molecular weight excluding hydrogens is 437 g/mol. The Bertz CT molecular complexity index is 1120. The van der Waals surface area contributed by atoms with Crippen LogP contribution in [0.2, 0.25) is 0 Å². The summed E-state index contributed by atoms with van der Waals surface area (Å²) in [6.45, 7) is 0. The lowest BCUT2D eigenvalue weighted by Gasteiger charge is -2.19. The Morgan fingerprint density at radius 1 is 1.00 bits per heavy atom. The fraction of sp³-hybridized carbons (Fsp3) is 0.227. The maximum atomic E-state index is 13.6. The highest BCUT2D eigenvalue weighted by Gasteiger charge is 2.34. The molecule has 1 unspecified atom stereocenters. The molecule has 0 aliphatic rings. The number of carbonyl (C=O) groups is 1. The van der Waals surface area contributed by atoms with Gasteiger partial charge in [-0.05, 0) is 25.2 Å². The number of hydrogen-bond donors (Lipinski definition) is 4. The summed E-state index contributed by atoms with van der Waals surface area (Å²) in [5, 5.41) is 18.4. The van der Waals surface area contributed by atoms with Crippen molar-refractivity contribution < 1.29 is 23.1 Å². The van der Waals surface area contributed by atoms with Crippen molar-refractivity contribution in [2.45, 2.75) is 12.4 Å². The van der Waals surface area contributed by atoms with Crippen molar-refractivity contribution in [3.05, 3.63) is 71.5 Å². The molecule has 0 spiro atoms. The van der Waals surface area contributed by atoms with E-state index in [4.69, 9.17) is 0 Å². The first-order chi connectivity index (χ1) is 15.6. The number of benzene rings is 1. The van der Waals surface area contributed by atoms with Gasteiger partial charge in [-0.1, -0.05) is 18.2 Å². The van der Waals surface area contributed by atoms with Crippen LogP contribution in [0.5, 0.6) is 0 Å². The normalized spacial score (nSPS) is 12.2. The summed E-state index contributed by atoms with van der Waals surface area (Å²) in [6.07, 6.45) is -3.65. The minimum atomic E-state index is -4.66. The van der Waals surface area contributed by atoms with Gasteiger partial charge in [-0.25, -0.2) is 9.97 Å². The molecule has 0 bridgehead atoms. The van der Waals surface area contributed by atoms with E-state index >= 15 is 0 Å². The molecule has 3 rings (SSSR count). The lowest BCUT2D eigenvalue weighted by atomic mass is 10.1. The first-order valence-electron chi connectivity index (χ1n) is 9.83. The molecule has 0 saturated carbocycles. The van der Waals surface area contributed by atoms with Gasteiger partial charge in [-0.15, -0.1) is 0 Å². The lowest BCUT2D eigenvalue weighted by molar-refractivity contribution is -0.137. The van der Waals surface area contributed by atoms with Crippen molar-refractivity contribution in [2.75, 3.05) is 31.8 Å². The smallest absolute Gasteiger partial charge is 0.374 e. The van der Waals surface area contributed by atoms with Crippen molar-refractivity contribution in [1.82, 2.24) is 20.2 Å². The van der Waals surface area contributed by atoms with E-state index in [2.05, 4.69) is 25.9 Å². The van der Waals surface area contributed by atoms with Crippen LogP contribution in [0.15, 0.2) is 54.9 Å². The van der Waals surface area contributed by atoms with Gasteiger partial charge in [0.1, 0.15) is 17.9 Å². The van der Waals surface area contributed by atoms with Crippen LogP contribution in [0, 0.1) is 0 Å². The van der Waals surface area contributed by atoms with Crippen LogP contribution in [0.25, 0.3) is 0 Å². The van der Waals surface area contributed by atoms with E-state index in [1.165, 1.54) is 30.3 Å². The number of pyridine rings is 2. The number of halogens is 3. The Morgan fingerprint density at radius 2 is 1.70 bits per heavy atom. The Hall–Kier alpha value is -3.70. The second-order valence-electron chi connectivity index (χ2n) is 7.27. The van der Waals surface area contributed by atoms with Crippen molar-refractivity contribution in [1.29, 1.82) is 0 Å².